The molecule has 2 aromatic heterocycles. The average Bonchev–Trinajstić information content (AvgIpc) is 2.52. The second-order valence-corrected chi connectivity index (χ2v) is 4.96. The van der Waals surface area contributed by atoms with Crippen LogP contribution < -0.4 is 5.73 Å². The van der Waals surface area contributed by atoms with Crippen LogP contribution in [-0.2, 0) is 6.54 Å². The minimum absolute atomic E-state index is 0.134. The molecule has 2 heterocycles. The topological polar surface area (TPSA) is 85.0 Å². The number of thiocarbonyl (C=S) groups is 1. The van der Waals surface area contributed by atoms with E-state index in [4.69, 9.17) is 18.0 Å². The standard InChI is InChI=1S/C14H15N5OS/c15-13(21)4-7-19(10-11-2-1-5-16-8-11)14(20)12-3-6-17-18-9-12/h1-3,5-6,8-9H,4,7,10H2,(H2,15,21). The zero-order valence-electron chi connectivity index (χ0n) is 11.3. The highest BCUT2D eigenvalue weighted by molar-refractivity contribution is 7.80. The van der Waals surface area contributed by atoms with E-state index in [1.165, 1.54) is 12.4 Å². The van der Waals surface area contributed by atoms with Gasteiger partial charge in [-0.15, -0.1) is 0 Å². The summed E-state index contributed by atoms with van der Waals surface area (Å²) >= 11 is 4.89. The third-order valence-electron chi connectivity index (χ3n) is 2.84. The first-order chi connectivity index (χ1) is 10.2. The SMILES string of the molecule is NC(=S)CCN(Cc1cccnc1)C(=O)c1ccnnc1. The fourth-order valence-electron chi connectivity index (χ4n) is 1.81. The van der Waals surface area contributed by atoms with Crippen LogP contribution in [0.1, 0.15) is 22.3 Å². The number of carbonyl (C=O) groups is 1. The molecule has 0 aliphatic rings. The van der Waals surface area contributed by atoms with E-state index in [1.807, 2.05) is 12.1 Å². The second kappa shape index (κ2) is 7.39. The fourth-order valence-corrected chi connectivity index (χ4v) is 1.90. The molecule has 6 nitrogen and oxygen atoms in total. The molecule has 7 heteroatoms. The van der Waals surface area contributed by atoms with Crippen molar-refractivity contribution in [3.05, 3.63) is 54.1 Å². The molecule has 2 rings (SSSR count). The van der Waals surface area contributed by atoms with Gasteiger partial charge in [-0.3, -0.25) is 9.78 Å². The van der Waals surface area contributed by atoms with Crippen LogP contribution in [0.25, 0.3) is 0 Å². The van der Waals surface area contributed by atoms with Crippen molar-refractivity contribution in [1.29, 1.82) is 0 Å². The summed E-state index contributed by atoms with van der Waals surface area (Å²) in [4.78, 5) is 18.6. The number of nitrogens with two attached hydrogens (primary N) is 1. The molecule has 1 amide bonds. The van der Waals surface area contributed by atoms with Gasteiger partial charge in [0, 0.05) is 31.9 Å². The van der Waals surface area contributed by atoms with Crippen molar-refractivity contribution in [2.45, 2.75) is 13.0 Å². The van der Waals surface area contributed by atoms with Crippen LogP contribution in [-0.4, -0.2) is 37.5 Å². The van der Waals surface area contributed by atoms with E-state index >= 15 is 0 Å². The van der Waals surface area contributed by atoms with E-state index in [1.54, 1.807) is 23.4 Å². The summed E-state index contributed by atoms with van der Waals surface area (Å²) in [6.45, 7) is 0.892. The molecule has 0 fully saturated rings. The molecule has 0 saturated carbocycles. The van der Waals surface area contributed by atoms with Crippen molar-refractivity contribution in [3.8, 4) is 0 Å². The predicted octanol–water partition coefficient (Wildman–Crippen LogP) is 1.19. The van der Waals surface area contributed by atoms with Crippen LogP contribution in [0.4, 0.5) is 0 Å². The summed E-state index contributed by atoms with van der Waals surface area (Å²) < 4.78 is 0. The molecule has 2 aromatic rings. The van der Waals surface area contributed by atoms with Gasteiger partial charge in [0.25, 0.3) is 5.91 Å². The molecule has 0 atom stereocenters. The van der Waals surface area contributed by atoms with Gasteiger partial charge in [0.05, 0.1) is 22.9 Å². The minimum atomic E-state index is -0.134. The van der Waals surface area contributed by atoms with Crippen LogP contribution >= 0.6 is 12.2 Å². The van der Waals surface area contributed by atoms with Crippen molar-refractivity contribution < 1.29 is 4.79 Å². The van der Waals surface area contributed by atoms with E-state index in [-0.39, 0.29) is 5.91 Å². The maximum Gasteiger partial charge on any atom is 0.255 e. The quantitative estimate of drug-likeness (QED) is 0.807. The summed E-state index contributed by atoms with van der Waals surface area (Å²) in [7, 11) is 0. The molecular formula is C14H15N5OS. The number of carbonyl (C=O) groups excluding carboxylic acids is 1. The van der Waals surface area contributed by atoms with Gasteiger partial charge in [-0.1, -0.05) is 18.3 Å². The van der Waals surface area contributed by atoms with Crippen LogP contribution in [0, 0.1) is 0 Å². The predicted molar refractivity (Wildman–Crippen MR) is 82.4 cm³/mol. The van der Waals surface area contributed by atoms with Gasteiger partial charge in [-0.25, -0.2) is 0 Å². The van der Waals surface area contributed by atoms with E-state index in [0.717, 1.165) is 5.56 Å². The van der Waals surface area contributed by atoms with Gasteiger partial charge in [-0.05, 0) is 17.7 Å². The fraction of sp³-hybridized carbons (Fsp3) is 0.214. The Morgan fingerprint density at radius 2 is 2.10 bits per heavy atom. The number of hydrogen-bond acceptors (Lipinski definition) is 5. The molecule has 0 unspecified atom stereocenters. The van der Waals surface area contributed by atoms with Crippen LogP contribution in [0.5, 0.6) is 0 Å². The molecule has 0 aliphatic carbocycles. The van der Waals surface area contributed by atoms with Crippen molar-refractivity contribution in [2.75, 3.05) is 6.54 Å². The molecule has 0 aliphatic heterocycles. The van der Waals surface area contributed by atoms with Crippen LogP contribution in [0.2, 0.25) is 0 Å². The van der Waals surface area contributed by atoms with Gasteiger partial charge >= 0.3 is 0 Å². The Hall–Kier alpha value is -2.41. The minimum Gasteiger partial charge on any atom is -0.393 e. The van der Waals surface area contributed by atoms with Gasteiger partial charge in [-0.2, -0.15) is 10.2 Å². The van der Waals surface area contributed by atoms with Gasteiger partial charge < -0.3 is 10.6 Å². The lowest BCUT2D eigenvalue weighted by atomic mass is 10.2. The first-order valence-electron chi connectivity index (χ1n) is 6.40. The number of hydrogen-bond donors (Lipinski definition) is 1. The Labute approximate surface area is 128 Å². The van der Waals surface area contributed by atoms with Crippen molar-refractivity contribution >= 4 is 23.1 Å². The number of amides is 1. The van der Waals surface area contributed by atoms with Crippen molar-refractivity contribution in [2.24, 2.45) is 5.73 Å². The monoisotopic (exact) mass is 301 g/mol. The first-order valence-corrected chi connectivity index (χ1v) is 6.81. The maximum absolute atomic E-state index is 12.5. The zero-order valence-corrected chi connectivity index (χ0v) is 12.2. The molecule has 0 radical (unpaired) electrons. The Balaban J connectivity index is 2.15. The van der Waals surface area contributed by atoms with Gasteiger partial charge in [0.1, 0.15) is 0 Å². The zero-order chi connectivity index (χ0) is 15.1. The third-order valence-corrected chi connectivity index (χ3v) is 3.05. The molecule has 2 N–H and O–H groups in total. The van der Waals surface area contributed by atoms with E-state index in [0.29, 0.717) is 30.1 Å². The van der Waals surface area contributed by atoms with Gasteiger partial charge in [0.15, 0.2) is 0 Å². The number of aromatic nitrogens is 3. The van der Waals surface area contributed by atoms with Crippen LogP contribution in [0.3, 0.4) is 0 Å². The average molecular weight is 301 g/mol. The Bertz CT molecular complexity index is 605. The Morgan fingerprint density at radius 3 is 2.71 bits per heavy atom. The van der Waals surface area contributed by atoms with E-state index < -0.39 is 0 Å². The third kappa shape index (κ3) is 4.57. The van der Waals surface area contributed by atoms with Crippen LogP contribution in [0.15, 0.2) is 43.0 Å². The number of nitrogens with zero attached hydrogens (tertiary/aromatic N) is 4. The Morgan fingerprint density at radius 1 is 1.24 bits per heavy atom. The van der Waals surface area contributed by atoms with E-state index in [2.05, 4.69) is 15.2 Å². The summed E-state index contributed by atoms with van der Waals surface area (Å²) in [6.07, 6.45) is 6.82. The lowest BCUT2D eigenvalue weighted by molar-refractivity contribution is 0.0747. The largest absolute Gasteiger partial charge is 0.393 e. The normalized spacial score (nSPS) is 10.1. The summed E-state index contributed by atoms with van der Waals surface area (Å²) in [6, 6.07) is 5.38. The lowest BCUT2D eigenvalue weighted by Crippen LogP contribution is -2.33. The highest BCUT2D eigenvalue weighted by atomic mass is 32.1. The maximum atomic E-state index is 12.5. The van der Waals surface area contributed by atoms with Gasteiger partial charge in [0.2, 0.25) is 0 Å². The summed E-state index contributed by atoms with van der Waals surface area (Å²) in [5.41, 5.74) is 6.96. The summed E-state index contributed by atoms with van der Waals surface area (Å²) in [5.74, 6) is -0.134. The molecule has 0 saturated heterocycles. The summed E-state index contributed by atoms with van der Waals surface area (Å²) in [5, 5.41) is 7.40. The molecular weight excluding hydrogens is 286 g/mol. The smallest absolute Gasteiger partial charge is 0.255 e. The second-order valence-electron chi connectivity index (χ2n) is 4.44. The highest BCUT2D eigenvalue weighted by Gasteiger charge is 2.16. The molecule has 21 heavy (non-hydrogen) atoms. The van der Waals surface area contributed by atoms with Crippen molar-refractivity contribution in [1.82, 2.24) is 20.1 Å². The molecule has 0 spiro atoms. The first kappa shape index (κ1) is 15.0. The molecule has 0 bridgehead atoms. The molecule has 0 aromatic carbocycles. The lowest BCUT2D eigenvalue weighted by Gasteiger charge is -2.22. The van der Waals surface area contributed by atoms with E-state index in [9.17, 15) is 4.79 Å². The molecule has 108 valence electrons. The highest BCUT2D eigenvalue weighted by Crippen LogP contribution is 2.09. The van der Waals surface area contributed by atoms with Crippen molar-refractivity contribution in [3.63, 3.8) is 0 Å². The number of rotatable bonds is 6. The Kier molecular flexibility index (Phi) is 5.28. The number of pyridine rings is 1.